The molecule has 0 saturated heterocycles. The van der Waals surface area contributed by atoms with Gasteiger partial charge in [0.2, 0.25) is 0 Å². The number of benzene rings is 1. The number of carbonyl (C=O) groups excluding carboxylic acids is 1. The van der Waals surface area contributed by atoms with Gasteiger partial charge in [0.05, 0.1) is 22.5 Å². The lowest BCUT2D eigenvalue weighted by Crippen LogP contribution is -2.09. The third-order valence-electron chi connectivity index (χ3n) is 1.98. The Morgan fingerprint density at radius 2 is 2.17 bits per heavy atom. The number of rotatable bonds is 5. The Labute approximate surface area is 116 Å². The summed E-state index contributed by atoms with van der Waals surface area (Å²) in [5.74, 6) is -0.668. The van der Waals surface area contributed by atoms with Crippen LogP contribution in [0.15, 0.2) is 16.6 Å². The number of halogens is 4. The third kappa shape index (κ3) is 4.10. The highest BCUT2D eigenvalue weighted by molar-refractivity contribution is 9.10. The molecule has 7 heteroatoms. The van der Waals surface area contributed by atoms with Crippen molar-refractivity contribution in [2.75, 3.05) is 6.61 Å². The molecule has 0 bridgehead atoms. The fourth-order valence-electron chi connectivity index (χ4n) is 1.27. The van der Waals surface area contributed by atoms with Crippen molar-refractivity contribution in [3.8, 4) is 5.75 Å². The molecular formula is C11H10BrClF2O3. The van der Waals surface area contributed by atoms with Gasteiger partial charge in [-0.15, -0.1) is 0 Å². The van der Waals surface area contributed by atoms with Crippen LogP contribution >= 0.6 is 27.5 Å². The maximum absolute atomic E-state index is 12.2. The molecule has 0 atom stereocenters. The lowest BCUT2D eigenvalue weighted by Gasteiger charge is -2.12. The first-order chi connectivity index (χ1) is 8.45. The van der Waals surface area contributed by atoms with E-state index in [0.29, 0.717) is 10.0 Å². The van der Waals surface area contributed by atoms with E-state index >= 15 is 0 Å². The zero-order chi connectivity index (χ0) is 13.7. The highest BCUT2D eigenvalue weighted by Crippen LogP contribution is 2.37. The van der Waals surface area contributed by atoms with E-state index in [-0.39, 0.29) is 23.8 Å². The molecule has 3 nitrogen and oxygen atoms in total. The van der Waals surface area contributed by atoms with Gasteiger partial charge in [-0.1, -0.05) is 17.7 Å². The molecule has 0 amide bonds. The Balaban J connectivity index is 2.97. The highest BCUT2D eigenvalue weighted by atomic mass is 79.9. The molecule has 0 aromatic heterocycles. The zero-order valence-electron chi connectivity index (χ0n) is 9.38. The monoisotopic (exact) mass is 342 g/mol. The second-order valence-corrected chi connectivity index (χ2v) is 4.44. The fourth-order valence-corrected chi connectivity index (χ4v) is 2.09. The van der Waals surface area contributed by atoms with E-state index in [4.69, 9.17) is 16.3 Å². The summed E-state index contributed by atoms with van der Waals surface area (Å²) in [5.41, 5.74) is 0.369. The van der Waals surface area contributed by atoms with Crippen molar-refractivity contribution >= 4 is 33.5 Å². The van der Waals surface area contributed by atoms with Gasteiger partial charge in [-0.05, 0) is 34.5 Å². The molecule has 0 fully saturated rings. The number of hydrogen-bond acceptors (Lipinski definition) is 3. The van der Waals surface area contributed by atoms with Gasteiger partial charge in [-0.2, -0.15) is 8.78 Å². The van der Waals surface area contributed by atoms with Crippen LogP contribution in [-0.2, 0) is 16.0 Å². The van der Waals surface area contributed by atoms with Crippen LogP contribution in [0.4, 0.5) is 8.78 Å². The Bertz CT molecular complexity index is 441. The van der Waals surface area contributed by atoms with E-state index in [1.165, 1.54) is 6.07 Å². The standard InChI is InChI=1S/C11H10BrClF2O3/c1-2-17-8(16)5-6-3-4-7(12)10(9(6)13)18-11(14)15/h3-4,11H,2,5H2,1H3. The minimum atomic E-state index is -2.99. The van der Waals surface area contributed by atoms with Crippen LogP contribution in [0.3, 0.4) is 0 Å². The molecule has 18 heavy (non-hydrogen) atoms. The molecule has 0 saturated carbocycles. The van der Waals surface area contributed by atoms with Gasteiger partial charge in [0, 0.05) is 0 Å². The lowest BCUT2D eigenvalue weighted by molar-refractivity contribution is -0.142. The van der Waals surface area contributed by atoms with Crippen LogP contribution in [-0.4, -0.2) is 19.2 Å². The van der Waals surface area contributed by atoms with Gasteiger partial charge in [-0.25, -0.2) is 0 Å². The summed E-state index contributed by atoms with van der Waals surface area (Å²) in [6.45, 7) is -1.07. The SMILES string of the molecule is CCOC(=O)Cc1ccc(Br)c(OC(F)F)c1Cl. The summed E-state index contributed by atoms with van der Waals surface area (Å²) in [6.07, 6.45) is -0.0977. The van der Waals surface area contributed by atoms with Crippen LogP contribution in [0.2, 0.25) is 5.02 Å². The molecular weight excluding hydrogens is 333 g/mol. The maximum Gasteiger partial charge on any atom is 0.387 e. The lowest BCUT2D eigenvalue weighted by atomic mass is 10.1. The van der Waals surface area contributed by atoms with Crippen LogP contribution in [0.5, 0.6) is 5.75 Å². The summed E-state index contributed by atoms with van der Waals surface area (Å²) in [5, 5.41) is -0.0299. The van der Waals surface area contributed by atoms with Gasteiger partial charge in [0.25, 0.3) is 0 Å². The normalized spacial score (nSPS) is 10.6. The number of alkyl halides is 2. The smallest absolute Gasteiger partial charge is 0.387 e. The van der Waals surface area contributed by atoms with Crippen molar-refractivity contribution in [1.82, 2.24) is 0 Å². The minimum absolute atomic E-state index is 0.0299. The molecule has 0 N–H and O–H groups in total. The molecule has 0 heterocycles. The first-order valence-corrected chi connectivity index (χ1v) is 6.20. The van der Waals surface area contributed by atoms with E-state index in [2.05, 4.69) is 20.7 Å². The first kappa shape index (κ1) is 15.2. The Morgan fingerprint density at radius 1 is 1.50 bits per heavy atom. The van der Waals surface area contributed by atoms with Crippen LogP contribution in [0, 0.1) is 0 Å². The van der Waals surface area contributed by atoms with Gasteiger partial charge in [-0.3, -0.25) is 4.79 Å². The molecule has 0 unspecified atom stereocenters. The van der Waals surface area contributed by atoms with Crippen LogP contribution in [0.1, 0.15) is 12.5 Å². The first-order valence-electron chi connectivity index (χ1n) is 5.03. The number of esters is 1. The summed E-state index contributed by atoms with van der Waals surface area (Å²) in [7, 11) is 0. The van der Waals surface area contributed by atoms with Gasteiger partial charge in [0.1, 0.15) is 0 Å². The van der Waals surface area contributed by atoms with Gasteiger partial charge in [0.15, 0.2) is 5.75 Å². The zero-order valence-corrected chi connectivity index (χ0v) is 11.7. The largest absolute Gasteiger partial charge is 0.466 e. The quantitative estimate of drug-likeness (QED) is 0.763. The Kier molecular flexibility index (Phi) is 5.81. The minimum Gasteiger partial charge on any atom is -0.466 e. The Morgan fingerprint density at radius 3 is 2.72 bits per heavy atom. The molecule has 100 valence electrons. The van der Waals surface area contributed by atoms with Crippen molar-refractivity contribution in [2.45, 2.75) is 20.0 Å². The van der Waals surface area contributed by atoms with Crippen molar-refractivity contribution < 1.29 is 23.0 Å². The van der Waals surface area contributed by atoms with Crippen molar-refractivity contribution in [3.05, 3.63) is 27.2 Å². The maximum atomic E-state index is 12.2. The molecule has 1 aromatic carbocycles. The van der Waals surface area contributed by atoms with Crippen molar-refractivity contribution in [3.63, 3.8) is 0 Å². The molecule has 1 rings (SSSR count). The summed E-state index contributed by atoms with van der Waals surface area (Å²) < 4.78 is 33.7. The third-order valence-corrected chi connectivity index (χ3v) is 3.01. The van der Waals surface area contributed by atoms with Gasteiger partial charge >= 0.3 is 12.6 Å². The topological polar surface area (TPSA) is 35.5 Å². The molecule has 0 spiro atoms. The van der Waals surface area contributed by atoms with Crippen molar-refractivity contribution in [2.24, 2.45) is 0 Å². The van der Waals surface area contributed by atoms with Crippen LogP contribution < -0.4 is 4.74 Å². The molecule has 0 radical (unpaired) electrons. The van der Waals surface area contributed by atoms with E-state index < -0.39 is 12.6 Å². The number of ether oxygens (including phenoxy) is 2. The average molecular weight is 344 g/mol. The molecule has 1 aromatic rings. The van der Waals surface area contributed by atoms with E-state index in [1.54, 1.807) is 13.0 Å². The number of carbonyl (C=O) groups is 1. The summed E-state index contributed by atoms with van der Waals surface area (Å²) >= 11 is 8.95. The summed E-state index contributed by atoms with van der Waals surface area (Å²) in [4.78, 5) is 11.3. The van der Waals surface area contributed by atoms with Gasteiger partial charge < -0.3 is 9.47 Å². The number of hydrogen-bond donors (Lipinski definition) is 0. The van der Waals surface area contributed by atoms with Crippen molar-refractivity contribution in [1.29, 1.82) is 0 Å². The summed E-state index contributed by atoms with van der Waals surface area (Å²) in [6, 6.07) is 3.03. The predicted octanol–water partition coefficient (Wildman–Crippen LogP) is 3.81. The Hall–Kier alpha value is -0.880. The molecule has 0 aliphatic carbocycles. The molecule has 0 aliphatic heterocycles. The van der Waals surface area contributed by atoms with Crippen LogP contribution in [0.25, 0.3) is 0 Å². The van der Waals surface area contributed by atoms with E-state index in [9.17, 15) is 13.6 Å². The molecule has 0 aliphatic rings. The predicted molar refractivity (Wildman–Crippen MR) is 66.1 cm³/mol. The van der Waals surface area contributed by atoms with E-state index in [1.807, 2.05) is 0 Å². The fraction of sp³-hybridized carbons (Fsp3) is 0.364. The second-order valence-electron chi connectivity index (χ2n) is 3.21. The second kappa shape index (κ2) is 6.89. The van der Waals surface area contributed by atoms with E-state index in [0.717, 1.165) is 0 Å². The average Bonchev–Trinajstić information content (AvgIpc) is 2.28. The highest BCUT2D eigenvalue weighted by Gasteiger charge is 2.17.